The normalized spacial score (nSPS) is 27.0. The van der Waals surface area contributed by atoms with Gasteiger partial charge in [-0.1, -0.05) is 12.5 Å². The van der Waals surface area contributed by atoms with E-state index in [1.54, 1.807) is 6.20 Å². The van der Waals surface area contributed by atoms with Crippen molar-refractivity contribution in [1.82, 2.24) is 9.88 Å². The van der Waals surface area contributed by atoms with E-state index in [2.05, 4.69) is 4.98 Å². The SMILES string of the molecule is CCOCC(=O)N1C[C@@H]2CCC[C@]2(COc2ccccn2)C1. The summed E-state index contributed by atoms with van der Waals surface area (Å²) in [6.07, 6.45) is 5.28. The Hall–Kier alpha value is -1.62. The highest BCUT2D eigenvalue weighted by Gasteiger charge is 2.51. The van der Waals surface area contributed by atoms with Crippen LogP contribution in [0.4, 0.5) is 0 Å². The summed E-state index contributed by atoms with van der Waals surface area (Å²) in [7, 11) is 0. The fraction of sp³-hybridized carbons (Fsp3) is 0.647. The smallest absolute Gasteiger partial charge is 0.248 e. The van der Waals surface area contributed by atoms with Crippen molar-refractivity contribution in [3.8, 4) is 5.88 Å². The summed E-state index contributed by atoms with van der Waals surface area (Å²) in [5, 5.41) is 0. The van der Waals surface area contributed by atoms with Crippen LogP contribution in [0.15, 0.2) is 24.4 Å². The lowest BCUT2D eigenvalue weighted by Crippen LogP contribution is -2.37. The number of carbonyl (C=O) groups is 1. The summed E-state index contributed by atoms with van der Waals surface area (Å²) in [4.78, 5) is 18.4. The van der Waals surface area contributed by atoms with Crippen molar-refractivity contribution in [2.45, 2.75) is 26.2 Å². The topological polar surface area (TPSA) is 51.7 Å². The highest BCUT2D eigenvalue weighted by Crippen LogP contribution is 2.48. The number of pyridine rings is 1. The molecule has 5 nitrogen and oxygen atoms in total. The molecule has 0 radical (unpaired) electrons. The molecule has 5 heteroatoms. The average Bonchev–Trinajstić information content (AvgIpc) is 3.09. The first-order valence-corrected chi connectivity index (χ1v) is 8.13. The van der Waals surface area contributed by atoms with E-state index in [1.807, 2.05) is 30.0 Å². The first-order chi connectivity index (χ1) is 10.7. The molecular weight excluding hydrogens is 280 g/mol. The van der Waals surface area contributed by atoms with Gasteiger partial charge < -0.3 is 14.4 Å². The zero-order chi connectivity index (χ0) is 15.4. The van der Waals surface area contributed by atoms with Gasteiger partial charge in [-0.05, 0) is 31.7 Å². The van der Waals surface area contributed by atoms with Gasteiger partial charge in [0.15, 0.2) is 0 Å². The van der Waals surface area contributed by atoms with Gasteiger partial charge in [-0.2, -0.15) is 0 Å². The Balaban J connectivity index is 1.62. The monoisotopic (exact) mass is 304 g/mol. The van der Waals surface area contributed by atoms with Crippen LogP contribution in [0.1, 0.15) is 26.2 Å². The van der Waals surface area contributed by atoms with Gasteiger partial charge in [0.1, 0.15) is 6.61 Å². The number of rotatable bonds is 6. The van der Waals surface area contributed by atoms with Crippen molar-refractivity contribution in [2.24, 2.45) is 11.3 Å². The highest BCUT2D eigenvalue weighted by molar-refractivity contribution is 5.78. The maximum Gasteiger partial charge on any atom is 0.248 e. The van der Waals surface area contributed by atoms with Crippen LogP contribution in [0.3, 0.4) is 0 Å². The van der Waals surface area contributed by atoms with Gasteiger partial charge in [0.2, 0.25) is 11.8 Å². The van der Waals surface area contributed by atoms with Crippen LogP contribution in [0.2, 0.25) is 0 Å². The molecule has 3 rings (SSSR count). The van der Waals surface area contributed by atoms with Crippen molar-refractivity contribution in [3.05, 3.63) is 24.4 Å². The predicted octanol–water partition coefficient (Wildman–Crippen LogP) is 2.13. The Morgan fingerprint density at radius 3 is 3.18 bits per heavy atom. The molecule has 120 valence electrons. The summed E-state index contributed by atoms with van der Waals surface area (Å²) >= 11 is 0. The molecule has 2 aliphatic rings. The first-order valence-electron chi connectivity index (χ1n) is 8.13. The van der Waals surface area contributed by atoms with Gasteiger partial charge in [0.05, 0.1) is 6.61 Å². The molecule has 2 fully saturated rings. The van der Waals surface area contributed by atoms with Gasteiger partial charge in [-0.25, -0.2) is 4.98 Å². The molecule has 0 N–H and O–H groups in total. The number of likely N-dealkylation sites (tertiary alicyclic amines) is 1. The fourth-order valence-corrected chi connectivity index (χ4v) is 3.77. The molecule has 1 aromatic rings. The molecule has 2 heterocycles. The van der Waals surface area contributed by atoms with Gasteiger partial charge in [0, 0.05) is 37.4 Å². The van der Waals surface area contributed by atoms with Crippen molar-refractivity contribution >= 4 is 5.91 Å². The lowest BCUT2D eigenvalue weighted by atomic mass is 9.82. The van der Waals surface area contributed by atoms with Crippen molar-refractivity contribution in [2.75, 3.05) is 32.9 Å². The molecule has 0 aromatic carbocycles. The minimum absolute atomic E-state index is 0.0966. The molecule has 2 atom stereocenters. The Labute approximate surface area is 131 Å². The third kappa shape index (κ3) is 3.09. The molecule has 0 unspecified atom stereocenters. The van der Waals surface area contributed by atoms with Crippen LogP contribution in [0.5, 0.6) is 5.88 Å². The lowest BCUT2D eigenvalue weighted by molar-refractivity contribution is -0.135. The summed E-state index contributed by atoms with van der Waals surface area (Å²) < 4.78 is 11.2. The van der Waals surface area contributed by atoms with E-state index in [1.165, 1.54) is 12.8 Å². The third-order valence-electron chi connectivity index (χ3n) is 4.97. The van der Waals surface area contributed by atoms with Crippen molar-refractivity contribution < 1.29 is 14.3 Å². The van der Waals surface area contributed by atoms with E-state index in [4.69, 9.17) is 9.47 Å². The Morgan fingerprint density at radius 1 is 1.50 bits per heavy atom. The largest absolute Gasteiger partial charge is 0.477 e. The molecule has 1 aliphatic heterocycles. The number of hydrogen-bond acceptors (Lipinski definition) is 4. The lowest BCUT2D eigenvalue weighted by Gasteiger charge is -2.28. The summed E-state index contributed by atoms with van der Waals surface area (Å²) in [5.74, 6) is 1.32. The quantitative estimate of drug-likeness (QED) is 0.808. The zero-order valence-corrected chi connectivity index (χ0v) is 13.2. The van der Waals surface area contributed by atoms with Crippen LogP contribution in [0, 0.1) is 11.3 Å². The second-order valence-corrected chi connectivity index (χ2v) is 6.32. The molecular formula is C17H24N2O3. The second-order valence-electron chi connectivity index (χ2n) is 6.32. The molecule has 0 bridgehead atoms. The third-order valence-corrected chi connectivity index (χ3v) is 4.97. The number of fused-ring (bicyclic) bond motifs is 1. The van der Waals surface area contributed by atoms with Gasteiger partial charge in [-0.3, -0.25) is 4.79 Å². The average molecular weight is 304 g/mol. The number of nitrogens with zero attached hydrogens (tertiary/aromatic N) is 2. The van der Waals surface area contributed by atoms with E-state index in [-0.39, 0.29) is 17.9 Å². The molecule has 1 saturated carbocycles. The molecule has 1 aromatic heterocycles. The maximum atomic E-state index is 12.2. The Bertz CT molecular complexity index is 508. The van der Waals surface area contributed by atoms with E-state index in [0.717, 1.165) is 19.5 Å². The molecule has 1 saturated heterocycles. The summed E-state index contributed by atoms with van der Waals surface area (Å²) in [6, 6.07) is 5.69. The number of aromatic nitrogens is 1. The van der Waals surface area contributed by atoms with Crippen molar-refractivity contribution in [1.29, 1.82) is 0 Å². The predicted molar refractivity (Wildman–Crippen MR) is 82.6 cm³/mol. The van der Waals surface area contributed by atoms with Crippen molar-refractivity contribution in [3.63, 3.8) is 0 Å². The first kappa shape index (κ1) is 15.3. The van der Waals surface area contributed by atoms with E-state index in [9.17, 15) is 4.79 Å². The number of ether oxygens (including phenoxy) is 2. The molecule has 22 heavy (non-hydrogen) atoms. The standard InChI is InChI=1S/C17H24N2O3/c1-2-21-11-16(20)19-10-14-6-5-8-17(14,12-19)13-22-15-7-3-4-9-18-15/h3-4,7,9,14H,2,5-6,8,10-13H2,1H3/t14-,17+/m0/s1. The van der Waals surface area contributed by atoms with Crippen LogP contribution < -0.4 is 4.74 Å². The van der Waals surface area contributed by atoms with Crippen LogP contribution >= 0.6 is 0 Å². The number of carbonyl (C=O) groups excluding carboxylic acids is 1. The highest BCUT2D eigenvalue weighted by atomic mass is 16.5. The maximum absolute atomic E-state index is 12.2. The van der Waals surface area contributed by atoms with Crippen LogP contribution in [0.25, 0.3) is 0 Å². The Kier molecular flexibility index (Phi) is 4.62. The summed E-state index contributed by atoms with van der Waals surface area (Å²) in [5.41, 5.74) is 0.0966. The van der Waals surface area contributed by atoms with Gasteiger partial charge >= 0.3 is 0 Å². The number of hydrogen-bond donors (Lipinski definition) is 0. The van der Waals surface area contributed by atoms with Crippen LogP contribution in [-0.2, 0) is 9.53 Å². The molecule has 1 amide bonds. The fourth-order valence-electron chi connectivity index (χ4n) is 3.77. The Morgan fingerprint density at radius 2 is 2.41 bits per heavy atom. The van der Waals surface area contributed by atoms with Crippen LogP contribution in [-0.4, -0.2) is 48.7 Å². The number of amides is 1. The van der Waals surface area contributed by atoms with E-state index >= 15 is 0 Å². The van der Waals surface area contributed by atoms with Gasteiger partial charge in [-0.15, -0.1) is 0 Å². The second kappa shape index (κ2) is 6.65. The molecule has 1 aliphatic carbocycles. The molecule has 0 spiro atoms. The van der Waals surface area contributed by atoms with E-state index in [0.29, 0.717) is 25.0 Å². The zero-order valence-electron chi connectivity index (χ0n) is 13.2. The minimum Gasteiger partial charge on any atom is -0.477 e. The van der Waals surface area contributed by atoms with Gasteiger partial charge in [0.25, 0.3) is 0 Å². The summed E-state index contributed by atoms with van der Waals surface area (Å²) in [6.45, 7) is 4.96. The minimum atomic E-state index is 0.0966. The van der Waals surface area contributed by atoms with E-state index < -0.39 is 0 Å².